The molecule has 2 N–H and O–H groups in total. The number of carbonyl (C=O) groups excluding carboxylic acids is 1. The molecule has 6 heteroatoms. The molecular formula is C25H27N3OS2. The van der Waals surface area contributed by atoms with E-state index in [0.717, 1.165) is 44.5 Å². The second kappa shape index (κ2) is 8.22. The number of Topliss-reactive ketones (excluding diaryl/α,β-unsaturated/α-hetero) is 1. The number of nitriles is 1. The van der Waals surface area contributed by atoms with Crippen molar-refractivity contribution in [2.45, 2.75) is 51.3 Å². The molecule has 0 saturated carbocycles. The first-order valence-corrected chi connectivity index (χ1v) is 12.4. The maximum Gasteiger partial charge on any atom is 0.162 e. The fraction of sp³-hybridized carbons (Fsp3) is 0.360. The van der Waals surface area contributed by atoms with Gasteiger partial charge in [-0.1, -0.05) is 39.0 Å². The maximum atomic E-state index is 13.6. The molecule has 31 heavy (non-hydrogen) atoms. The Bertz CT molecular complexity index is 1150. The van der Waals surface area contributed by atoms with E-state index in [9.17, 15) is 10.1 Å². The zero-order valence-electron chi connectivity index (χ0n) is 18.4. The molecule has 1 aliphatic carbocycles. The zero-order chi connectivity index (χ0) is 22.3. The summed E-state index contributed by atoms with van der Waals surface area (Å²) in [6.45, 7) is 8.40. The van der Waals surface area contributed by atoms with Crippen LogP contribution >= 0.6 is 23.1 Å². The van der Waals surface area contributed by atoms with Crippen LogP contribution in [0.2, 0.25) is 0 Å². The van der Waals surface area contributed by atoms with Crippen molar-refractivity contribution in [1.82, 2.24) is 0 Å². The SMILES string of the molecule is CCSc1ccsc1[C@H]1C(C#N)=C(N)N(c2ccccc2C)C2=C1C(=O)CC(C)(C)C2. The van der Waals surface area contributed by atoms with E-state index in [4.69, 9.17) is 5.73 Å². The van der Waals surface area contributed by atoms with Gasteiger partial charge in [0.2, 0.25) is 0 Å². The molecule has 0 unspecified atom stereocenters. The van der Waals surface area contributed by atoms with Gasteiger partial charge in [-0.05, 0) is 47.6 Å². The number of anilines is 1. The standard InChI is InChI=1S/C25H27N3OS2/c1-5-30-20-10-11-31-23(20)21-16(14-26)24(27)28(17-9-7-6-8-15(17)2)18-12-25(3,4)13-19(29)22(18)21/h6-11,21H,5,12-13,27H2,1-4H3/t21-/m0/s1. The normalized spacial score (nSPS) is 20.7. The van der Waals surface area contributed by atoms with Crippen LogP contribution in [0, 0.1) is 23.7 Å². The van der Waals surface area contributed by atoms with Crippen molar-refractivity contribution < 1.29 is 4.79 Å². The van der Waals surface area contributed by atoms with Gasteiger partial charge in [-0.25, -0.2) is 0 Å². The topological polar surface area (TPSA) is 70.1 Å². The monoisotopic (exact) mass is 449 g/mol. The van der Waals surface area contributed by atoms with Crippen LogP contribution in [0.3, 0.4) is 0 Å². The molecule has 0 spiro atoms. The zero-order valence-corrected chi connectivity index (χ0v) is 20.0. The van der Waals surface area contributed by atoms with Crippen molar-refractivity contribution in [1.29, 1.82) is 5.26 Å². The van der Waals surface area contributed by atoms with Crippen LogP contribution in [0.4, 0.5) is 5.69 Å². The number of rotatable bonds is 4. The van der Waals surface area contributed by atoms with E-state index in [2.05, 4.69) is 32.9 Å². The summed E-state index contributed by atoms with van der Waals surface area (Å²) in [6.07, 6.45) is 1.21. The summed E-state index contributed by atoms with van der Waals surface area (Å²) in [4.78, 5) is 17.7. The van der Waals surface area contributed by atoms with E-state index >= 15 is 0 Å². The number of carbonyl (C=O) groups is 1. The molecule has 0 saturated heterocycles. The Morgan fingerprint density at radius 3 is 2.71 bits per heavy atom. The number of ketones is 1. The Hall–Kier alpha value is -2.49. The second-order valence-electron chi connectivity index (χ2n) is 8.85. The van der Waals surface area contributed by atoms with Crippen molar-refractivity contribution in [2.24, 2.45) is 11.1 Å². The number of nitrogens with two attached hydrogens (primary N) is 1. The molecular weight excluding hydrogens is 422 g/mol. The predicted molar refractivity (Wildman–Crippen MR) is 129 cm³/mol. The Balaban J connectivity index is 2.01. The van der Waals surface area contributed by atoms with E-state index in [1.165, 1.54) is 0 Å². The lowest BCUT2D eigenvalue weighted by molar-refractivity contribution is -0.118. The molecule has 0 fully saturated rings. The number of benzene rings is 1. The quantitative estimate of drug-likeness (QED) is 0.570. The van der Waals surface area contributed by atoms with Gasteiger partial charge in [-0.3, -0.25) is 9.69 Å². The van der Waals surface area contributed by atoms with Gasteiger partial charge < -0.3 is 5.73 Å². The number of aryl methyl sites for hydroxylation is 1. The van der Waals surface area contributed by atoms with Crippen molar-refractivity contribution in [3.63, 3.8) is 0 Å². The number of nitrogens with zero attached hydrogens (tertiary/aromatic N) is 2. The third-order valence-electron chi connectivity index (χ3n) is 5.96. The summed E-state index contributed by atoms with van der Waals surface area (Å²) >= 11 is 3.35. The molecule has 1 aromatic heterocycles. The minimum Gasteiger partial charge on any atom is -0.384 e. The molecule has 1 aromatic carbocycles. The van der Waals surface area contributed by atoms with Gasteiger partial charge in [0.1, 0.15) is 5.82 Å². The smallest absolute Gasteiger partial charge is 0.162 e. The first-order valence-electron chi connectivity index (χ1n) is 10.5. The Kier molecular flexibility index (Phi) is 5.76. The van der Waals surface area contributed by atoms with Crippen LogP contribution < -0.4 is 10.6 Å². The van der Waals surface area contributed by atoms with E-state index in [-0.39, 0.29) is 11.2 Å². The van der Waals surface area contributed by atoms with Gasteiger partial charge in [0.25, 0.3) is 0 Å². The first-order chi connectivity index (χ1) is 14.8. The van der Waals surface area contributed by atoms with Crippen LogP contribution in [-0.4, -0.2) is 11.5 Å². The highest BCUT2D eigenvalue weighted by molar-refractivity contribution is 7.99. The van der Waals surface area contributed by atoms with Crippen molar-refractivity contribution in [3.05, 3.63) is 68.8 Å². The van der Waals surface area contributed by atoms with E-state index in [1.807, 2.05) is 41.5 Å². The molecule has 0 radical (unpaired) electrons. The lowest BCUT2D eigenvalue weighted by atomic mass is 9.69. The third kappa shape index (κ3) is 3.71. The van der Waals surface area contributed by atoms with Crippen LogP contribution in [0.1, 0.15) is 50.0 Å². The number of para-hydroxylation sites is 1. The van der Waals surface area contributed by atoms with Gasteiger partial charge in [-0.15, -0.1) is 23.1 Å². The summed E-state index contributed by atoms with van der Waals surface area (Å²) in [6, 6.07) is 12.5. The summed E-state index contributed by atoms with van der Waals surface area (Å²) in [5, 5.41) is 12.3. The number of thioether (sulfide) groups is 1. The molecule has 2 heterocycles. The number of thiophene rings is 1. The second-order valence-corrected chi connectivity index (χ2v) is 11.1. The van der Waals surface area contributed by atoms with Gasteiger partial charge in [0.05, 0.1) is 23.2 Å². The molecule has 2 aliphatic rings. The Morgan fingerprint density at radius 1 is 1.29 bits per heavy atom. The van der Waals surface area contributed by atoms with E-state index in [0.29, 0.717) is 17.8 Å². The minimum absolute atomic E-state index is 0.121. The summed E-state index contributed by atoms with van der Waals surface area (Å²) in [5.74, 6) is 1.10. The largest absolute Gasteiger partial charge is 0.384 e. The van der Waals surface area contributed by atoms with E-state index in [1.54, 1.807) is 23.1 Å². The van der Waals surface area contributed by atoms with Gasteiger partial charge in [0, 0.05) is 27.5 Å². The lowest BCUT2D eigenvalue weighted by Gasteiger charge is -2.44. The average molecular weight is 450 g/mol. The molecule has 4 nitrogen and oxygen atoms in total. The Morgan fingerprint density at radius 2 is 2.03 bits per heavy atom. The number of hydrogen-bond acceptors (Lipinski definition) is 6. The molecule has 0 bridgehead atoms. The summed E-state index contributed by atoms with van der Waals surface area (Å²) in [5.41, 5.74) is 10.7. The molecule has 4 rings (SSSR count). The highest BCUT2D eigenvalue weighted by Crippen LogP contribution is 2.52. The average Bonchev–Trinajstić information content (AvgIpc) is 3.15. The highest BCUT2D eigenvalue weighted by atomic mass is 32.2. The molecule has 1 aliphatic heterocycles. The molecule has 160 valence electrons. The predicted octanol–water partition coefficient (Wildman–Crippen LogP) is 6.11. The van der Waals surface area contributed by atoms with Gasteiger partial charge >= 0.3 is 0 Å². The minimum atomic E-state index is -0.391. The van der Waals surface area contributed by atoms with E-state index < -0.39 is 5.92 Å². The maximum absolute atomic E-state index is 13.6. The Labute approximate surface area is 192 Å². The summed E-state index contributed by atoms with van der Waals surface area (Å²) < 4.78 is 0. The fourth-order valence-corrected chi connectivity index (χ4v) is 6.70. The van der Waals surface area contributed by atoms with Crippen LogP contribution in [0.5, 0.6) is 0 Å². The summed E-state index contributed by atoms with van der Waals surface area (Å²) in [7, 11) is 0. The van der Waals surface area contributed by atoms with Crippen LogP contribution in [0.25, 0.3) is 0 Å². The molecule has 2 aromatic rings. The third-order valence-corrected chi connectivity index (χ3v) is 8.02. The lowest BCUT2D eigenvalue weighted by Crippen LogP contribution is -2.42. The van der Waals surface area contributed by atoms with Crippen molar-refractivity contribution in [3.8, 4) is 6.07 Å². The van der Waals surface area contributed by atoms with Crippen LogP contribution in [-0.2, 0) is 4.79 Å². The first kappa shape index (κ1) is 21.7. The fourth-order valence-electron chi connectivity index (χ4n) is 4.65. The number of hydrogen-bond donors (Lipinski definition) is 1. The molecule has 0 amide bonds. The molecule has 1 atom stereocenters. The van der Waals surface area contributed by atoms with Crippen molar-refractivity contribution in [2.75, 3.05) is 10.7 Å². The number of allylic oxidation sites excluding steroid dienone is 3. The van der Waals surface area contributed by atoms with Gasteiger partial charge in [-0.2, -0.15) is 5.26 Å². The van der Waals surface area contributed by atoms with Crippen LogP contribution in [0.15, 0.2) is 63.3 Å². The van der Waals surface area contributed by atoms with Crippen molar-refractivity contribution >= 4 is 34.6 Å². The van der Waals surface area contributed by atoms with Gasteiger partial charge in [0.15, 0.2) is 5.78 Å². The highest BCUT2D eigenvalue weighted by Gasteiger charge is 2.45.